The number of hydrogen-bond acceptors (Lipinski definition) is 5. The van der Waals surface area contributed by atoms with E-state index in [1.165, 1.54) is 37.1 Å². The van der Waals surface area contributed by atoms with Gasteiger partial charge in [0.2, 0.25) is 0 Å². The fourth-order valence-electron chi connectivity index (χ4n) is 2.97. The summed E-state index contributed by atoms with van der Waals surface area (Å²) in [6.07, 6.45) is 7.15. The van der Waals surface area contributed by atoms with Gasteiger partial charge in [0, 0.05) is 23.2 Å². The highest BCUT2D eigenvalue weighted by Gasteiger charge is 2.36. The Morgan fingerprint density at radius 1 is 1.33 bits per heavy atom. The molecule has 1 atom stereocenters. The molecule has 1 heterocycles. The van der Waals surface area contributed by atoms with E-state index >= 15 is 0 Å². The summed E-state index contributed by atoms with van der Waals surface area (Å²) in [6.45, 7) is 0. The van der Waals surface area contributed by atoms with E-state index in [2.05, 4.69) is 46.2 Å². The molecule has 21 heavy (non-hydrogen) atoms. The molecule has 0 saturated heterocycles. The summed E-state index contributed by atoms with van der Waals surface area (Å²) in [7, 11) is 6.40. The van der Waals surface area contributed by atoms with Crippen molar-refractivity contribution in [3.8, 4) is 0 Å². The molecule has 0 unspecified atom stereocenters. The highest BCUT2D eigenvalue weighted by Crippen LogP contribution is 2.40. The summed E-state index contributed by atoms with van der Waals surface area (Å²) in [4.78, 5) is 6.93. The van der Waals surface area contributed by atoms with E-state index in [0.717, 1.165) is 11.3 Å². The molecular formula is C16H26N4S. The van der Waals surface area contributed by atoms with Crippen molar-refractivity contribution in [2.24, 2.45) is 5.92 Å². The van der Waals surface area contributed by atoms with Crippen LogP contribution in [0.2, 0.25) is 0 Å². The van der Waals surface area contributed by atoms with Crippen molar-refractivity contribution in [1.82, 2.24) is 15.2 Å². The van der Waals surface area contributed by atoms with Crippen LogP contribution in [0.15, 0.2) is 18.3 Å². The second kappa shape index (κ2) is 6.55. The number of nitrogens with zero attached hydrogens (tertiary/aromatic N) is 2. The Labute approximate surface area is 132 Å². The third-order valence-corrected chi connectivity index (χ3v) is 5.79. The standard InChI is InChI=1S/C16H26N4S/c1-17-16(11-8-13(9-11)20(2)3)15-10-12(6-7-18-15)19-21-14-4-5-14/h6-7,10-11,13-14,16-17H,4-5,8-9H2,1-3H3,(H,18,19)/t11?,13?,16-/m0/s1. The monoisotopic (exact) mass is 306 g/mol. The Balaban J connectivity index is 1.61. The van der Waals surface area contributed by atoms with Gasteiger partial charge in [0.15, 0.2) is 0 Å². The Bertz CT molecular complexity index is 469. The fraction of sp³-hybridized carbons (Fsp3) is 0.688. The Morgan fingerprint density at radius 2 is 2.10 bits per heavy atom. The van der Waals surface area contributed by atoms with Crippen molar-refractivity contribution in [3.63, 3.8) is 0 Å². The van der Waals surface area contributed by atoms with Crippen molar-refractivity contribution < 1.29 is 0 Å². The second-order valence-corrected chi connectivity index (χ2v) is 7.61. The van der Waals surface area contributed by atoms with Crippen molar-refractivity contribution in [2.75, 3.05) is 25.9 Å². The largest absolute Gasteiger partial charge is 0.329 e. The van der Waals surface area contributed by atoms with E-state index in [1.807, 2.05) is 25.2 Å². The van der Waals surface area contributed by atoms with Crippen LogP contribution < -0.4 is 10.0 Å². The minimum Gasteiger partial charge on any atom is -0.329 e. The van der Waals surface area contributed by atoms with Crippen LogP contribution in [0.4, 0.5) is 5.69 Å². The van der Waals surface area contributed by atoms with E-state index in [1.54, 1.807) is 0 Å². The number of hydrogen-bond donors (Lipinski definition) is 2. The zero-order valence-electron chi connectivity index (χ0n) is 13.2. The van der Waals surface area contributed by atoms with Gasteiger partial charge in [0.25, 0.3) is 0 Å². The average molecular weight is 306 g/mol. The number of aromatic nitrogens is 1. The smallest absolute Gasteiger partial charge is 0.0596 e. The van der Waals surface area contributed by atoms with Gasteiger partial charge in [-0.3, -0.25) is 4.98 Å². The molecule has 3 rings (SSSR count). The van der Waals surface area contributed by atoms with Crippen molar-refractivity contribution in [1.29, 1.82) is 0 Å². The summed E-state index contributed by atoms with van der Waals surface area (Å²) in [5, 5.41) is 4.28. The number of anilines is 1. The van der Waals surface area contributed by atoms with E-state index < -0.39 is 0 Å². The minimum absolute atomic E-state index is 0.369. The number of nitrogens with one attached hydrogen (secondary N) is 2. The van der Waals surface area contributed by atoms with Crippen LogP contribution >= 0.6 is 11.9 Å². The summed E-state index contributed by atoms with van der Waals surface area (Å²) < 4.78 is 3.47. The third kappa shape index (κ3) is 3.71. The molecule has 0 radical (unpaired) electrons. The lowest BCUT2D eigenvalue weighted by molar-refractivity contribution is 0.0955. The quantitative estimate of drug-likeness (QED) is 0.758. The van der Waals surface area contributed by atoms with Crippen LogP contribution in [0.25, 0.3) is 0 Å². The van der Waals surface area contributed by atoms with E-state index in [0.29, 0.717) is 12.0 Å². The summed E-state index contributed by atoms with van der Waals surface area (Å²) in [5.41, 5.74) is 2.35. The predicted octanol–water partition coefficient (Wildman–Crippen LogP) is 2.90. The second-order valence-electron chi connectivity index (χ2n) is 6.50. The molecule has 5 heteroatoms. The van der Waals surface area contributed by atoms with Gasteiger partial charge in [0.1, 0.15) is 0 Å². The molecule has 0 amide bonds. The molecule has 2 N–H and O–H groups in total. The first kappa shape index (κ1) is 15.1. The fourth-order valence-corrected chi connectivity index (χ4v) is 3.77. The molecule has 2 aliphatic rings. The lowest BCUT2D eigenvalue weighted by Crippen LogP contribution is -2.45. The van der Waals surface area contributed by atoms with Crippen molar-refractivity contribution in [2.45, 2.75) is 43.0 Å². The topological polar surface area (TPSA) is 40.2 Å². The molecule has 1 aromatic rings. The lowest BCUT2D eigenvalue weighted by atomic mass is 9.74. The van der Waals surface area contributed by atoms with E-state index in [9.17, 15) is 0 Å². The normalized spacial score (nSPS) is 26.5. The Kier molecular flexibility index (Phi) is 4.72. The predicted molar refractivity (Wildman–Crippen MR) is 90.5 cm³/mol. The summed E-state index contributed by atoms with van der Waals surface area (Å²) in [6, 6.07) is 5.38. The van der Waals surface area contributed by atoms with Crippen molar-refractivity contribution in [3.05, 3.63) is 24.0 Å². The van der Waals surface area contributed by atoms with Crippen LogP contribution in [-0.4, -0.2) is 42.3 Å². The Hall–Kier alpha value is -0.780. The molecule has 116 valence electrons. The zero-order chi connectivity index (χ0) is 14.8. The Morgan fingerprint density at radius 3 is 2.71 bits per heavy atom. The van der Waals surface area contributed by atoms with Crippen LogP contribution in [0.3, 0.4) is 0 Å². The minimum atomic E-state index is 0.369. The van der Waals surface area contributed by atoms with Crippen LogP contribution in [-0.2, 0) is 0 Å². The van der Waals surface area contributed by atoms with Gasteiger partial charge in [-0.25, -0.2) is 0 Å². The number of rotatable bonds is 7. The highest BCUT2D eigenvalue weighted by molar-refractivity contribution is 8.01. The molecule has 0 aliphatic heterocycles. The zero-order valence-corrected chi connectivity index (χ0v) is 14.0. The first-order valence-electron chi connectivity index (χ1n) is 7.88. The summed E-state index contributed by atoms with van der Waals surface area (Å²) in [5.74, 6) is 0.696. The molecule has 2 aliphatic carbocycles. The van der Waals surface area contributed by atoms with Gasteiger partial charge in [-0.2, -0.15) is 0 Å². The van der Waals surface area contributed by atoms with Gasteiger partial charge in [-0.1, -0.05) is 0 Å². The molecule has 2 fully saturated rings. The molecule has 1 aromatic heterocycles. The molecule has 0 spiro atoms. The molecule has 0 aromatic carbocycles. The average Bonchev–Trinajstić information content (AvgIpc) is 3.24. The van der Waals surface area contributed by atoms with Crippen molar-refractivity contribution >= 4 is 17.6 Å². The first-order chi connectivity index (χ1) is 10.2. The van der Waals surface area contributed by atoms with Gasteiger partial charge in [0.05, 0.1) is 11.7 Å². The maximum Gasteiger partial charge on any atom is 0.0596 e. The molecular weight excluding hydrogens is 280 g/mol. The third-order valence-electron chi connectivity index (χ3n) is 4.63. The number of pyridine rings is 1. The molecule has 2 saturated carbocycles. The van der Waals surface area contributed by atoms with E-state index in [-0.39, 0.29) is 0 Å². The van der Waals surface area contributed by atoms with E-state index in [4.69, 9.17) is 0 Å². The lowest BCUT2D eigenvalue weighted by Gasteiger charge is -2.43. The van der Waals surface area contributed by atoms with Gasteiger partial charge < -0.3 is 14.9 Å². The van der Waals surface area contributed by atoms with Gasteiger partial charge >= 0.3 is 0 Å². The highest BCUT2D eigenvalue weighted by atomic mass is 32.2. The van der Waals surface area contributed by atoms with Crippen LogP contribution in [0.5, 0.6) is 0 Å². The maximum absolute atomic E-state index is 4.60. The van der Waals surface area contributed by atoms with Gasteiger partial charge in [-0.05, 0) is 76.8 Å². The van der Waals surface area contributed by atoms with Crippen LogP contribution in [0.1, 0.15) is 37.4 Å². The first-order valence-corrected chi connectivity index (χ1v) is 8.76. The maximum atomic E-state index is 4.60. The van der Waals surface area contributed by atoms with Crippen LogP contribution in [0, 0.1) is 5.92 Å². The van der Waals surface area contributed by atoms with Gasteiger partial charge in [-0.15, -0.1) is 0 Å². The molecule has 0 bridgehead atoms. The SMILES string of the molecule is CN[C@H](c1cc(NSC2CC2)ccn1)C1CC(N(C)C)C1. The molecule has 4 nitrogen and oxygen atoms in total. The summed E-state index contributed by atoms with van der Waals surface area (Å²) >= 11 is 1.85.